The highest BCUT2D eigenvalue weighted by Gasteiger charge is 2.58. The van der Waals surface area contributed by atoms with Gasteiger partial charge in [-0.15, -0.1) is 0 Å². The quantitative estimate of drug-likeness (QED) is 0.767. The molecule has 1 aromatic heterocycles. The van der Waals surface area contributed by atoms with E-state index in [9.17, 15) is 31.5 Å². The number of nitrogens with one attached hydrogen (secondary N) is 1. The van der Waals surface area contributed by atoms with Crippen LogP contribution in [0.4, 0.5) is 18.9 Å². The first-order valence-electron chi connectivity index (χ1n) is 7.53. The van der Waals surface area contributed by atoms with Crippen molar-refractivity contribution >= 4 is 21.6 Å². The van der Waals surface area contributed by atoms with Crippen LogP contribution in [0.25, 0.3) is 0 Å². The van der Waals surface area contributed by atoms with Crippen molar-refractivity contribution in [1.82, 2.24) is 4.31 Å². The number of carbonyl (C=O) groups is 1. The smallest absolute Gasteiger partial charge is 0.425 e. The van der Waals surface area contributed by atoms with Crippen molar-refractivity contribution < 1.29 is 35.9 Å². The molecule has 1 unspecified atom stereocenters. The summed E-state index contributed by atoms with van der Waals surface area (Å²) >= 11 is 0. The first-order valence-corrected chi connectivity index (χ1v) is 8.97. The van der Waals surface area contributed by atoms with Gasteiger partial charge >= 0.3 is 6.18 Å². The van der Waals surface area contributed by atoms with Crippen LogP contribution in [0.5, 0.6) is 0 Å². The molecule has 0 aliphatic rings. The van der Waals surface area contributed by atoms with Crippen LogP contribution in [-0.4, -0.2) is 44.0 Å². The average Bonchev–Trinajstić information content (AvgIpc) is 3.08. The van der Waals surface area contributed by atoms with Crippen LogP contribution in [0.15, 0.2) is 52.0 Å². The van der Waals surface area contributed by atoms with Crippen LogP contribution in [-0.2, 0) is 20.4 Å². The molecule has 148 valence electrons. The summed E-state index contributed by atoms with van der Waals surface area (Å²) in [6.45, 7) is 0. The molecule has 1 aromatic carbocycles. The van der Waals surface area contributed by atoms with Crippen molar-refractivity contribution in [3.63, 3.8) is 0 Å². The largest absolute Gasteiger partial charge is 0.466 e. The third-order valence-corrected chi connectivity index (χ3v) is 5.52. The Morgan fingerprint density at radius 2 is 1.89 bits per heavy atom. The predicted molar refractivity (Wildman–Crippen MR) is 89.2 cm³/mol. The molecule has 27 heavy (non-hydrogen) atoms. The fourth-order valence-electron chi connectivity index (χ4n) is 2.22. The lowest BCUT2D eigenvalue weighted by Gasteiger charge is -2.27. The van der Waals surface area contributed by atoms with Gasteiger partial charge in [-0.1, -0.05) is 6.07 Å². The maximum absolute atomic E-state index is 13.3. The van der Waals surface area contributed by atoms with Crippen LogP contribution >= 0.6 is 0 Å². The minimum atomic E-state index is -5.17. The maximum atomic E-state index is 13.3. The highest BCUT2D eigenvalue weighted by atomic mass is 32.2. The fraction of sp³-hybridized carbons (Fsp3) is 0.312. The summed E-state index contributed by atoms with van der Waals surface area (Å²) in [5, 5.41) is 12.2. The summed E-state index contributed by atoms with van der Waals surface area (Å²) in [6, 6.07) is 7.08. The van der Waals surface area contributed by atoms with Gasteiger partial charge in [0.15, 0.2) is 0 Å². The van der Waals surface area contributed by atoms with Gasteiger partial charge in [0.05, 0.1) is 17.6 Å². The Kier molecular flexibility index (Phi) is 5.68. The van der Waals surface area contributed by atoms with Gasteiger partial charge in [0.1, 0.15) is 5.76 Å². The lowest BCUT2D eigenvalue weighted by Crippen LogP contribution is -2.44. The second-order valence-electron chi connectivity index (χ2n) is 5.88. The van der Waals surface area contributed by atoms with Crippen molar-refractivity contribution in [2.45, 2.75) is 23.1 Å². The Morgan fingerprint density at radius 3 is 2.41 bits per heavy atom. The van der Waals surface area contributed by atoms with E-state index in [4.69, 9.17) is 0 Å². The van der Waals surface area contributed by atoms with E-state index in [1.54, 1.807) is 0 Å². The molecule has 2 N–H and O–H groups in total. The van der Waals surface area contributed by atoms with E-state index in [1.165, 1.54) is 32.3 Å². The molecule has 1 amide bonds. The standard InChI is InChI=1S/C16H17F3N2O5S/c1-21(2)27(24,25)12-6-3-5-11(9-12)20-14(22)10-15(23,16(17,18)19)13-7-4-8-26-13/h3-9,23H,10H2,1-2H3,(H,20,22). The van der Waals surface area contributed by atoms with Crippen molar-refractivity contribution in [1.29, 1.82) is 0 Å². The van der Waals surface area contributed by atoms with Crippen LogP contribution in [0, 0.1) is 0 Å². The molecule has 1 atom stereocenters. The minimum absolute atomic E-state index is 0.0353. The maximum Gasteiger partial charge on any atom is 0.425 e. The average molecular weight is 406 g/mol. The Hall–Kier alpha value is -2.37. The number of halogens is 3. The summed E-state index contributed by atoms with van der Waals surface area (Å²) < 4.78 is 69.7. The van der Waals surface area contributed by atoms with Crippen LogP contribution < -0.4 is 5.32 Å². The number of hydrogen-bond acceptors (Lipinski definition) is 5. The van der Waals surface area contributed by atoms with E-state index in [2.05, 4.69) is 9.73 Å². The fourth-order valence-corrected chi connectivity index (χ4v) is 3.17. The Bertz CT molecular complexity index is 910. The SMILES string of the molecule is CN(C)S(=O)(=O)c1cccc(NC(=O)CC(O)(c2ccco2)C(F)(F)F)c1. The zero-order chi connectivity index (χ0) is 20.5. The number of amides is 1. The third kappa shape index (κ3) is 4.31. The normalized spacial score (nSPS) is 14.8. The summed E-state index contributed by atoms with van der Waals surface area (Å²) in [4.78, 5) is 11.9. The van der Waals surface area contributed by atoms with Gasteiger partial charge in [-0.3, -0.25) is 4.79 Å². The zero-order valence-electron chi connectivity index (χ0n) is 14.3. The number of carbonyl (C=O) groups excluding carboxylic acids is 1. The van der Waals surface area contributed by atoms with E-state index in [-0.39, 0.29) is 10.6 Å². The Morgan fingerprint density at radius 1 is 1.22 bits per heavy atom. The van der Waals surface area contributed by atoms with Gasteiger partial charge in [0.25, 0.3) is 0 Å². The number of nitrogens with zero attached hydrogens (tertiary/aromatic N) is 1. The molecule has 0 saturated heterocycles. The van der Waals surface area contributed by atoms with Gasteiger partial charge in [-0.25, -0.2) is 12.7 Å². The molecule has 2 aromatic rings. The molecule has 0 aliphatic heterocycles. The topological polar surface area (TPSA) is 99.9 Å². The molecule has 1 heterocycles. The summed E-state index contributed by atoms with van der Waals surface area (Å²) in [6.07, 6.45) is -5.59. The molecule has 11 heteroatoms. The summed E-state index contributed by atoms with van der Waals surface area (Å²) in [7, 11) is -1.17. The highest BCUT2D eigenvalue weighted by molar-refractivity contribution is 7.89. The van der Waals surface area contributed by atoms with Gasteiger partial charge < -0.3 is 14.8 Å². The minimum Gasteiger partial charge on any atom is -0.466 e. The molecule has 0 bridgehead atoms. The molecular formula is C16H17F3N2O5S. The number of rotatable bonds is 6. The molecule has 0 spiro atoms. The lowest BCUT2D eigenvalue weighted by atomic mass is 9.95. The van der Waals surface area contributed by atoms with E-state index < -0.39 is 39.9 Å². The predicted octanol–water partition coefficient (Wildman–Crippen LogP) is 2.31. The number of aliphatic hydroxyl groups is 1. The van der Waals surface area contributed by atoms with Crippen LogP contribution in [0.3, 0.4) is 0 Å². The molecule has 0 aliphatic carbocycles. The monoisotopic (exact) mass is 406 g/mol. The third-order valence-electron chi connectivity index (χ3n) is 3.71. The van der Waals surface area contributed by atoms with E-state index in [1.807, 2.05) is 0 Å². The molecule has 0 fully saturated rings. The second-order valence-corrected chi connectivity index (χ2v) is 8.03. The number of anilines is 1. The number of sulfonamides is 1. The highest BCUT2D eigenvalue weighted by Crippen LogP contribution is 2.42. The van der Waals surface area contributed by atoms with Crippen LogP contribution in [0.2, 0.25) is 0 Å². The van der Waals surface area contributed by atoms with E-state index >= 15 is 0 Å². The number of furan rings is 1. The van der Waals surface area contributed by atoms with Crippen molar-refractivity contribution in [3.05, 3.63) is 48.4 Å². The summed E-state index contributed by atoms with van der Waals surface area (Å²) in [5.74, 6) is -2.00. The van der Waals surface area contributed by atoms with Crippen molar-refractivity contribution in [2.75, 3.05) is 19.4 Å². The lowest BCUT2D eigenvalue weighted by molar-refractivity contribution is -0.272. The van der Waals surface area contributed by atoms with E-state index in [0.29, 0.717) is 0 Å². The first-order chi connectivity index (χ1) is 12.4. The van der Waals surface area contributed by atoms with Crippen molar-refractivity contribution in [3.8, 4) is 0 Å². The Labute approximate surface area is 153 Å². The van der Waals surface area contributed by atoms with E-state index in [0.717, 1.165) is 28.8 Å². The molecule has 2 rings (SSSR count). The van der Waals surface area contributed by atoms with Gasteiger partial charge in [0.2, 0.25) is 21.5 Å². The number of benzene rings is 1. The number of hydrogen-bond donors (Lipinski definition) is 2. The van der Waals surface area contributed by atoms with Gasteiger partial charge in [-0.2, -0.15) is 13.2 Å². The van der Waals surface area contributed by atoms with Crippen LogP contribution in [0.1, 0.15) is 12.2 Å². The van der Waals surface area contributed by atoms with Gasteiger partial charge in [-0.05, 0) is 30.3 Å². The molecule has 0 radical (unpaired) electrons. The zero-order valence-corrected chi connectivity index (χ0v) is 15.1. The molecule has 0 saturated carbocycles. The van der Waals surface area contributed by atoms with Gasteiger partial charge in [0, 0.05) is 19.8 Å². The van der Waals surface area contributed by atoms with Crippen molar-refractivity contribution in [2.24, 2.45) is 0 Å². The summed E-state index contributed by atoms with van der Waals surface area (Å²) in [5.41, 5.74) is -3.56. The number of alkyl halides is 3. The molecular weight excluding hydrogens is 389 g/mol. The second kappa shape index (κ2) is 7.33. The Balaban J connectivity index is 2.25. The molecule has 7 nitrogen and oxygen atoms in total. The first kappa shape index (κ1) is 20.9.